The predicted octanol–water partition coefficient (Wildman–Crippen LogP) is 3.22. The van der Waals surface area contributed by atoms with E-state index in [0.717, 1.165) is 27.9 Å². The molecule has 5 nitrogen and oxygen atoms in total. The Morgan fingerprint density at radius 2 is 1.56 bits per heavy atom. The topological polar surface area (TPSA) is 57.7 Å². The van der Waals surface area contributed by atoms with E-state index in [4.69, 9.17) is 0 Å². The number of sulfone groups is 1. The zero-order chi connectivity index (χ0) is 19.3. The number of amides is 2. The molecule has 2 amide bonds. The third kappa shape index (κ3) is 3.23. The molecule has 2 aromatic carbocycles. The number of fused-ring (bicyclic) bond motifs is 1. The Balaban J connectivity index is 1.73. The summed E-state index contributed by atoms with van der Waals surface area (Å²) in [7, 11) is -3.16. The highest BCUT2D eigenvalue weighted by atomic mass is 32.2. The van der Waals surface area contributed by atoms with Gasteiger partial charge < -0.3 is 4.90 Å². The van der Waals surface area contributed by atoms with Crippen molar-refractivity contribution in [3.8, 4) is 0 Å². The highest BCUT2D eigenvalue weighted by Crippen LogP contribution is 2.37. The largest absolute Gasteiger partial charge is 0.325 e. The molecule has 2 heterocycles. The SMILES string of the molecule is Cc1ccc(CN2C(=O)N(c3cc(C)ccc3C)[C@@H]3CS(=O)(=O)C[C@H]32)cc1. The van der Waals surface area contributed by atoms with Gasteiger partial charge in [-0.2, -0.15) is 0 Å². The average molecular weight is 385 g/mol. The van der Waals surface area contributed by atoms with Gasteiger partial charge in [0.05, 0.1) is 23.6 Å². The molecule has 0 N–H and O–H groups in total. The van der Waals surface area contributed by atoms with Gasteiger partial charge in [-0.05, 0) is 43.5 Å². The number of nitrogens with zero attached hydrogens (tertiary/aromatic N) is 2. The monoisotopic (exact) mass is 384 g/mol. The highest BCUT2D eigenvalue weighted by molar-refractivity contribution is 7.91. The van der Waals surface area contributed by atoms with E-state index in [2.05, 4.69) is 0 Å². The summed E-state index contributed by atoms with van der Waals surface area (Å²) in [6, 6.07) is 13.3. The second kappa shape index (κ2) is 6.37. The first-order valence-corrected chi connectivity index (χ1v) is 11.0. The van der Waals surface area contributed by atoms with Gasteiger partial charge in [-0.3, -0.25) is 4.90 Å². The molecule has 6 heteroatoms. The fourth-order valence-electron chi connectivity index (χ4n) is 4.11. The molecule has 0 bridgehead atoms. The Labute approximate surface area is 160 Å². The van der Waals surface area contributed by atoms with Crippen LogP contribution in [0.3, 0.4) is 0 Å². The maximum Gasteiger partial charge on any atom is 0.325 e. The van der Waals surface area contributed by atoms with Crippen molar-refractivity contribution in [2.75, 3.05) is 16.4 Å². The van der Waals surface area contributed by atoms with Crippen LogP contribution in [0.1, 0.15) is 22.3 Å². The molecule has 2 atom stereocenters. The lowest BCUT2D eigenvalue weighted by molar-refractivity contribution is 0.206. The van der Waals surface area contributed by atoms with E-state index in [-0.39, 0.29) is 29.6 Å². The van der Waals surface area contributed by atoms with Crippen LogP contribution in [0.4, 0.5) is 10.5 Å². The Bertz CT molecular complexity index is 999. The van der Waals surface area contributed by atoms with Crippen LogP contribution in [-0.2, 0) is 16.4 Å². The van der Waals surface area contributed by atoms with Crippen LogP contribution in [-0.4, -0.2) is 42.9 Å². The minimum Gasteiger partial charge on any atom is -0.314 e. The van der Waals surface area contributed by atoms with Gasteiger partial charge >= 0.3 is 6.03 Å². The van der Waals surface area contributed by atoms with Crippen LogP contribution in [0.2, 0.25) is 0 Å². The van der Waals surface area contributed by atoms with Crippen molar-refractivity contribution in [2.45, 2.75) is 39.4 Å². The minimum atomic E-state index is -3.16. The first kappa shape index (κ1) is 18.0. The van der Waals surface area contributed by atoms with Gasteiger partial charge in [0, 0.05) is 12.2 Å². The second-order valence-corrected chi connectivity index (χ2v) is 9.92. The van der Waals surface area contributed by atoms with Gasteiger partial charge in [-0.1, -0.05) is 42.0 Å². The van der Waals surface area contributed by atoms with Crippen molar-refractivity contribution < 1.29 is 13.2 Å². The van der Waals surface area contributed by atoms with Crippen LogP contribution < -0.4 is 4.90 Å². The third-order valence-electron chi connectivity index (χ3n) is 5.57. The molecule has 2 saturated heterocycles. The number of rotatable bonds is 3. The van der Waals surface area contributed by atoms with Crippen LogP contribution in [0, 0.1) is 20.8 Å². The number of anilines is 1. The van der Waals surface area contributed by atoms with Gasteiger partial charge in [-0.25, -0.2) is 13.2 Å². The summed E-state index contributed by atoms with van der Waals surface area (Å²) in [5, 5.41) is 0. The maximum atomic E-state index is 13.3. The smallest absolute Gasteiger partial charge is 0.314 e. The molecule has 0 saturated carbocycles. The van der Waals surface area contributed by atoms with Gasteiger partial charge in [-0.15, -0.1) is 0 Å². The molecule has 0 aromatic heterocycles. The fraction of sp³-hybridized carbons (Fsp3) is 0.381. The normalized spacial score (nSPS) is 23.7. The van der Waals surface area contributed by atoms with Gasteiger partial charge in [0.2, 0.25) is 0 Å². The standard InChI is InChI=1S/C21H24N2O3S/c1-14-5-8-17(9-6-14)11-22-19-12-27(25,26)13-20(19)23(21(22)24)18-10-15(2)4-7-16(18)3/h4-10,19-20H,11-13H2,1-3H3/t19-,20-/m1/s1. The number of urea groups is 1. The summed E-state index contributed by atoms with van der Waals surface area (Å²) < 4.78 is 24.7. The van der Waals surface area contributed by atoms with Crippen LogP contribution >= 0.6 is 0 Å². The second-order valence-electron chi connectivity index (χ2n) is 7.77. The van der Waals surface area contributed by atoms with Crippen molar-refractivity contribution in [1.82, 2.24) is 4.90 Å². The van der Waals surface area contributed by atoms with E-state index in [1.54, 1.807) is 9.80 Å². The third-order valence-corrected chi connectivity index (χ3v) is 7.27. The lowest BCUT2D eigenvalue weighted by atomic mass is 10.1. The van der Waals surface area contributed by atoms with Crippen LogP contribution in [0.5, 0.6) is 0 Å². The summed E-state index contributed by atoms with van der Waals surface area (Å²) in [6.07, 6.45) is 0. The zero-order valence-corrected chi connectivity index (χ0v) is 16.7. The van der Waals surface area contributed by atoms with E-state index in [0.29, 0.717) is 6.54 Å². The molecular weight excluding hydrogens is 360 g/mol. The van der Waals surface area contributed by atoms with Crippen LogP contribution in [0.25, 0.3) is 0 Å². The lowest BCUT2D eigenvalue weighted by Crippen LogP contribution is -2.38. The summed E-state index contributed by atoms with van der Waals surface area (Å²) >= 11 is 0. The summed E-state index contributed by atoms with van der Waals surface area (Å²) in [5.41, 5.74) is 5.02. The van der Waals surface area contributed by atoms with Crippen molar-refractivity contribution in [3.63, 3.8) is 0 Å². The van der Waals surface area contributed by atoms with E-state index < -0.39 is 9.84 Å². The summed E-state index contributed by atoms with van der Waals surface area (Å²) in [6.45, 7) is 6.39. The number of hydrogen-bond acceptors (Lipinski definition) is 3. The Kier molecular flexibility index (Phi) is 4.26. The molecule has 2 fully saturated rings. The lowest BCUT2D eigenvalue weighted by Gasteiger charge is -2.24. The van der Waals surface area contributed by atoms with Crippen molar-refractivity contribution in [2.24, 2.45) is 0 Å². The molecule has 2 aliphatic heterocycles. The summed E-state index contributed by atoms with van der Waals surface area (Å²) in [5.74, 6) is 0.0673. The number of benzene rings is 2. The quantitative estimate of drug-likeness (QED) is 0.764. The number of hydrogen-bond donors (Lipinski definition) is 0. The average Bonchev–Trinajstić information content (AvgIpc) is 3.03. The Hall–Kier alpha value is -2.34. The van der Waals surface area contributed by atoms with E-state index in [9.17, 15) is 13.2 Å². The number of carbonyl (C=O) groups excluding carboxylic acids is 1. The Morgan fingerprint density at radius 1 is 0.926 bits per heavy atom. The number of carbonyl (C=O) groups is 1. The molecular formula is C21H24N2O3S. The highest BCUT2D eigenvalue weighted by Gasteiger charge is 2.54. The molecule has 0 unspecified atom stereocenters. The molecule has 0 aliphatic carbocycles. The first-order valence-electron chi connectivity index (χ1n) is 9.18. The molecule has 0 spiro atoms. The van der Waals surface area contributed by atoms with Gasteiger partial charge in [0.15, 0.2) is 9.84 Å². The molecule has 142 valence electrons. The predicted molar refractivity (Wildman–Crippen MR) is 107 cm³/mol. The van der Waals surface area contributed by atoms with E-state index in [1.807, 2.05) is 63.2 Å². The molecule has 4 rings (SSSR count). The fourth-order valence-corrected chi connectivity index (χ4v) is 6.06. The van der Waals surface area contributed by atoms with Crippen molar-refractivity contribution >= 4 is 21.6 Å². The van der Waals surface area contributed by atoms with Crippen LogP contribution in [0.15, 0.2) is 42.5 Å². The van der Waals surface area contributed by atoms with Crippen molar-refractivity contribution in [3.05, 3.63) is 64.7 Å². The summed E-state index contributed by atoms with van der Waals surface area (Å²) in [4.78, 5) is 16.8. The maximum absolute atomic E-state index is 13.3. The van der Waals surface area contributed by atoms with Gasteiger partial charge in [0.25, 0.3) is 0 Å². The van der Waals surface area contributed by atoms with E-state index >= 15 is 0 Å². The molecule has 2 aromatic rings. The van der Waals surface area contributed by atoms with Crippen molar-refractivity contribution in [1.29, 1.82) is 0 Å². The minimum absolute atomic E-state index is 0.0290. The first-order chi connectivity index (χ1) is 12.7. The van der Waals surface area contributed by atoms with E-state index in [1.165, 1.54) is 0 Å². The zero-order valence-electron chi connectivity index (χ0n) is 15.8. The van der Waals surface area contributed by atoms with Gasteiger partial charge in [0.1, 0.15) is 0 Å². The molecule has 27 heavy (non-hydrogen) atoms. The Morgan fingerprint density at radius 3 is 2.26 bits per heavy atom. The molecule has 2 aliphatic rings. The number of aryl methyl sites for hydroxylation is 3. The molecule has 0 radical (unpaired) electrons.